The summed E-state index contributed by atoms with van der Waals surface area (Å²) >= 11 is 0. The Balaban J connectivity index is 2.65. The average molecular weight is 353 g/mol. The lowest BCUT2D eigenvalue weighted by Gasteiger charge is -2.09. The first-order valence-electron chi connectivity index (χ1n) is 8.62. The molecule has 6 nitrogen and oxygen atoms in total. The Morgan fingerprint density at radius 2 is 2.04 bits per heavy atom. The van der Waals surface area contributed by atoms with Crippen LogP contribution in [0.4, 0.5) is 0 Å². The number of pyridine rings is 1. The van der Waals surface area contributed by atoms with Gasteiger partial charge in [-0.05, 0) is 39.3 Å². The summed E-state index contributed by atoms with van der Waals surface area (Å²) in [4.78, 5) is 17.2. The van der Waals surface area contributed by atoms with E-state index in [1.54, 1.807) is 29.4 Å². The summed E-state index contributed by atoms with van der Waals surface area (Å²) < 4.78 is 3.28. The number of aryl methyl sites for hydroxylation is 1. The second kappa shape index (κ2) is 8.08. The Kier molecular flexibility index (Phi) is 6.08. The quantitative estimate of drug-likeness (QED) is 0.579. The van der Waals surface area contributed by atoms with Gasteiger partial charge in [0.15, 0.2) is 5.65 Å². The molecule has 0 saturated carbocycles. The Hall–Kier alpha value is -2.76. The molecular formula is C20H27N5O. The first-order chi connectivity index (χ1) is 12.3. The van der Waals surface area contributed by atoms with Gasteiger partial charge in [0, 0.05) is 25.9 Å². The molecule has 26 heavy (non-hydrogen) atoms. The number of rotatable bonds is 6. The Morgan fingerprint density at radius 1 is 1.35 bits per heavy atom. The molecule has 0 bridgehead atoms. The number of azo groups is 1. The maximum absolute atomic E-state index is 12.6. The molecule has 0 aromatic carbocycles. The van der Waals surface area contributed by atoms with Gasteiger partial charge in [0.1, 0.15) is 0 Å². The fourth-order valence-corrected chi connectivity index (χ4v) is 2.83. The van der Waals surface area contributed by atoms with Crippen molar-refractivity contribution < 1.29 is 0 Å². The number of fused-ring (bicyclic) bond motifs is 1. The van der Waals surface area contributed by atoms with Crippen molar-refractivity contribution >= 4 is 16.7 Å². The second-order valence-corrected chi connectivity index (χ2v) is 6.79. The largest absolute Gasteiger partial charge is 0.330 e. The van der Waals surface area contributed by atoms with Crippen LogP contribution in [0.2, 0.25) is 0 Å². The number of imidazole rings is 1. The van der Waals surface area contributed by atoms with Crippen molar-refractivity contribution in [2.45, 2.75) is 40.3 Å². The highest BCUT2D eigenvalue weighted by Crippen LogP contribution is 2.24. The molecule has 2 rings (SSSR count). The van der Waals surface area contributed by atoms with E-state index < -0.39 is 0 Å². The molecule has 2 heterocycles. The van der Waals surface area contributed by atoms with E-state index in [0.29, 0.717) is 12.2 Å². The van der Waals surface area contributed by atoms with E-state index in [1.165, 1.54) is 5.57 Å². The van der Waals surface area contributed by atoms with Crippen LogP contribution in [0.25, 0.3) is 16.7 Å². The van der Waals surface area contributed by atoms with Gasteiger partial charge in [-0.25, -0.2) is 9.78 Å². The van der Waals surface area contributed by atoms with E-state index in [9.17, 15) is 4.79 Å². The van der Waals surface area contributed by atoms with Crippen LogP contribution >= 0.6 is 0 Å². The van der Waals surface area contributed by atoms with Gasteiger partial charge in [-0.1, -0.05) is 29.9 Å². The summed E-state index contributed by atoms with van der Waals surface area (Å²) in [6, 6.07) is 1.91. The molecule has 0 aliphatic rings. The van der Waals surface area contributed by atoms with Gasteiger partial charge in [-0.3, -0.25) is 9.13 Å². The van der Waals surface area contributed by atoms with Crippen LogP contribution < -0.4 is 5.69 Å². The van der Waals surface area contributed by atoms with E-state index in [4.69, 9.17) is 0 Å². The maximum Gasteiger partial charge on any atom is 0.330 e. The highest BCUT2D eigenvalue weighted by molar-refractivity contribution is 5.84. The second-order valence-electron chi connectivity index (χ2n) is 6.79. The molecule has 138 valence electrons. The fourth-order valence-electron chi connectivity index (χ4n) is 2.83. The summed E-state index contributed by atoms with van der Waals surface area (Å²) in [5.41, 5.74) is 5.43. The predicted octanol–water partition coefficient (Wildman–Crippen LogP) is 4.13. The zero-order chi connectivity index (χ0) is 19.4. The summed E-state index contributed by atoms with van der Waals surface area (Å²) in [5.74, 6) is 0. The lowest BCUT2D eigenvalue weighted by molar-refractivity contribution is 0.559. The van der Waals surface area contributed by atoms with E-state index in [0.717, 1.165) is 22.2 Å². The van der Waals surface area contributed by atoms with Crippen LogP contribution in [0.3, 0.4) is 0 Å². The molecule has 2 aromatic heterocycles. The molecule has 6 heteroatoms. The van der Waals surface area contributed by atoms with Gasteiger partial charge in [-0.2, -0.15) is 10.2 Å². The zero-order valence-electron chi connectivity index (χ0n) is 16.4. The van der Waals surface area contributed by atoms with Gasteiger partial charge >= 0.3 is 5.69 Å². The molecular weight excluding hydrogens is 326 g/mol. The lowest BCUT2D eigenvalue weighted by Crippen LogP contribution is -2.25. The van der Waals surface area contributed by atoms with Crippen LogP contribution in [0.1, 0.15) is 33.3 Å². The molecule has 0 N–H and O–H groups in total. The lowest BCUT2D eigenvalue weighted by atomic mass is 10.0. The van der Waals surface area contributed by atoms with Crippen LogP contribution in [-0.2, 0) is 13.6 Å². The van der Waals surface area contributed by atoms with Crippen molar-refractivity contribution in [3.63, 3.8) is 0 Å². The molecule has 0 fully saturated rings. The van der Waals surface area contributed by atoms with Crippen molar-refractivity contribution in [2.24, 2.45) is 17.3 Å². The first kappa shape index (κ1) is 19.6. The number of hydrogen-bond donors (Lipinski definition) is 0. The highest BCUT2D eigenvalue weighted by atomic mass is 16.1. The predicted molar refractivity (Wildman–Crippen MR) is 107 cm³/mol. The molecule has 0 spiro atoms. The molecule has 1 atom stereocenters. The van der Waals surface area contributed by atoms with E-state index >= 15 is 0 Å². The maximum atomic E-state index is 12.6. The van der Waals surface area contributed by atoms with Crippen molar-refractivity contribution in [2.75, 3.05) is 7.05 Å². The Morgan fingerprint density at radius 3 is 2.62 bits per heavy atom. The Labute approximate surface area is 154 Å². The van der Waals surface area contributed by atoms with Gasteiger partial charge in [0.25, 0.3) is 0 Å². The third-order valence-electron chi connectivity index (χ3n) is 4.09. The van der Waals surface area contributed by atoms with Crippen molar-refractivity contribution in [1.29, 1.82) is 0 Å². The van der Waals surface area contributed by atoms with E-state index in [1.807, 2.05) is 39.8 Å². The molecule has 0 amide bonds. The van der Waals surface area contributed by atoms with Gasteiger partial charge < -0.3 is 0 Å². The minimum Gasteiger partial charge on any atom is -0.288 e. The summed E-state index contributed by atoms with van der Waals surface area (Å²) in [5, 5.41) is 7.93. The van der Waals surface area contributed by atoms with Crippen LogP contribution in [0, 0.1) is 0 Å². The number of nitrogens with zero attached hydrogens (tertiary/aromatic N) is 5. The summed E-state index contributed by atoms with van der Waals surface area (Å²) in [6.45, 7) is 12.5. The molecule has 0 aliphatic heterocycles. The minimum atomic E-state index is -0.104. The van der Waals surface area contributed by atoms with E-state index in [2.05, 4.69) is 27.9 Å². The van der Waals surface area contributed by atoms with Gasteiger partial charge in [0.05, 0.1) is 18.1 Å². The normalized spacial score (nSPS) is 13.4. The van der Waals surface area contributed by atoms with Gasteiger partial charge in [-0.15, -0.1) is 0 Å². The molecule has 1 unspecified atom stereocenters. The van der Waals surface area contributed by atoms with Crippen LogP contribution in [0.15, 0.2) is 57.2 Å². The summed E-state index contributed by atoms with van der Waals surface area (Å²) in [7, 11) is 3.37. The fraction of sp³-hybridized carbons (Fsp3) is 0.400. The average Bonchev–Trinajstić information content (AvgIpc) is 2.79. The molecule has 0 saturated heterocycles. The smallest absolute Gasteiger partial charge is 0.288 e. The Bertz CT molecular complexity index is 968. The highest BCUT2D eigenvalue weighted by Gasteiger charge is 2.15. The SMILES string of the molecule is C=C(C)/C(=C\C=C(C)C)c1cnc2c(c1)n(CC(C)/N=N\C)c(=O)n2C. The van der Waals surface area contributed by atoms with Crippen molar-refractivity contribution in [1.82, 2.24) is 14.1 Å². The number of hydrogen-bond acceptors (Lipinski definition) is 4. The first-order valence-corrected chi connectivity index (χ1v) is 8.62. The topological polar surface area (TPSA) is 64.5 Å². The molecule has 0 aliphatic carbocycles. The monoisotopic (exact) mass is 353 g/mol. The van der Waals surface area contributed by atoms with Crippen molar-refractivity contribution in [3.8, 4) is 0 Å². The number of allylic oxidation sites excluding steroid dienone is 5. The van der Waals surface area contributed by atoms with Crippen molar-refractivity contribution in [3.05, 3.63) is 58.2 Å². The summed E-state index contributed by atoms with van der Waals surface area (Å²) in [6.07, 6.45) is 5.89. The standard InChI is InChI=1S/C20H27N5O/c1-13(2)8-9-17(14(3)4)16-10-18-19(22-11-16)24(7)20(26)25(18)12-15(5)23-21-6/h8-11,15H,3,12H2,1-2,4-7H3/b17-9+,23-21-. The third-order valence-corrected chi connectivity index (χ3v) is 4.09. The minimum absolute atomic E-state index is 0.0891. The van der Waals surface area contributed by atoms with Gasteiger partial charge in [0.2, 0.25) is 0 Å². The zero-order valence-corrected chi connectivity index (χ0v) is 16.4. The number of aromatic nitrogens is 3. The molecule has 2 aromatic rings. The van der Waals surface area contributed by atoms with Crippen LogP contribution in [-0.4, -0.2) is 27.2 Å². The van der Waals surface area contributed by atoms with E-state index in [-0.39, 0.29) is 11.7 Å². The third kappa shape index (κ3) is 4.07. The molecule has 0 radical (unpaired) electrons. The van der Waals surface area contributed by atoms with Crippen LogP contribution in [0.5, 0.6) is 0 Å².